The van der Waals surface area contributed by atoms with Crippen molar-refractivity contribution in [3.63, 3.8) is 0 Å². The van der Waals surface area contributed by atoms with E-state index in [4.69, 9.17) is 23.2 Å². The Bertz CT molecular complexity index is 1260. The highest BCUT2D eigenvalue weighted by molar-refractivity contribution is 6.53. The Morgan fingerprint density at radius 1 is 0.812 bits per heavy atom. The fourth-order valence-electron chi connectivity index (χ4n) is 3.24. The first-order chi connectivity index (χ1) is 15.4. The molecule has 2 N–H and O–H groups in total. The zero-order chi connectivity index (χ0) is 22.8. The summed E-state index contributed by atoms with van der Waals surface area (Å²) in [4.78, 5) is 39.0. The minimum absolute atomic E-state index is 0.0440. The van der Waals surface area contributed by atoms with Crippen molar-refractivity contribution in [2.75, 3.05) is 15.5 Å². The van der Waals surface area contributed by atoms with Crippen LogP contribution in [0.4, 0.5) is 17.1 Å². The van der Waals surface area contributed by atoms with Crippen molar-refractivity contribution in [2.45, 2.75) is 6.92 Å². The number of anilines is 3. The first-order valence-corrected chi connectivity index (χ1v) is 10.4. The van der Waals surface area contributed by atoms with Crippen molar-refractivity contribution in [1.29, 1.82) is 0 Å². The molecule has 8 heteroatoms. The summed E-state index contributed by atoms with van der Waals surface area (Å²) in [6.45, 7) is 1.72. The van der Waals surface area contributed by atoms with Gasteiger partial charge in [-0.15, -0.1) is 0 Å². The Morgan fingerprint density at radius 2 is 1.50 bits per heavy atom. The molecule has 3 amide bonds. The molecule has 3 aromatic carbocycles. The second kappa shape index (κ2) is 8.86. The zero-order valence-corrected chi connectivity index (χ0v) is 18.4. The number of nitrogens with zero attached hydrogens (tertiary/aromatic N) is 1. The van der Waals surface area contributed by atoms with E-state index in [1.165, 1.54) is 0 Å². The average molecular weight is 466 g/mol. The van der Waals surface area contributed by atoms with Crippen molar-refractivity contribution < 1.29 is 14.4 Å². The van der Waals surface area contributed by atoms with Crippen LogP contribution in [0.2, 0.25) is 5.02 Å². The summed E-state index contributed by atoms with van der Waals surface area (Å²) < 4.78 is 0. The topological polar surface area (TPSA) is 78.5 Å². The van der Waals surface area contributed by atoms with Crippen molar-refractivity contribution in [3.05, 3.63) is 99.7 Å². The zero-order valence-electron chi connectivity index (χ0n) is 16.9. The fourth-order valence-corrected chi connectivity index (χ4v) is 3.62. The second-order valence-electron chi connectivity index (χ2n) is 7.04. The molecule has 0 bridgehead atoms. The minimum Gasteiger partial charge on any atom is -0.350 e. The third-order valence-corrected chi connectivity index (χ3v) is 5.72. The molecule has 0 saturated heterocycles. The number of imide groups is 1. The lowest BCUT2D eigenvalue weighted by Gasteiger charge is -2.18. The highest BCUT2D eigenvalue weighted by atomic mass is 35.5. The number of para-hydroxylation sites is 1. The van der Waals surface area contributed by atoms with Crippen LogP contribution in [0.3, 0.4) is 0 Å². The number of benzene rings is 3. The molecular weight excluding hydrogens is 449 g/mol. The molecule has 0 spiro atoms. The van der Waals surface area contributed by atoms with Crippen LogP contribution in [0.15, 0.2) is 83.5 Å². The summed E-state index contributed by atoms with van der Waals surface area (Å²) in [5.74, 6) is -1.49. The lowest BCUT2D eigenvalue weighted by Crippen LogP contribution is -2.32. The van der Waals surface area contributed by atoms with Gasteiger partial charge in [-0.25, -0.2) is 4.90 Å². The van der Waals surface area contributed by atoms with Gasteiger partial charge < -0.3 is 10.6 Å². The number of amides is 3. The summed E-state index contributed by atoms with van der Waals surface area (Å²) in [5.41, 5.74) is 2.54. The Balaban J connectivity index is 1.51. The van der Waals surface area contributed by atoms with E-state index in [2.05, 4.69) is 10.6 Å². The molecule has 4 rings (SSSR count). The first kappa shape index (κ1) is 21.6. The lowest BCUT2D eigenvalue weighted by molar-refractivity contribution is -0.120. The smallest absolute Gasteiger partial charge is 0.283 e. The number of halogens is 2. The molecule has 0 unspecified atom stereocenters. The van der Waals surface area contributed by atoms with Crippen molar-refractivity contribution >= 4 is 58.0 Å². The van der Waals surface area contributed by atoms with Crippen molar-refractivity contribution in [3.8, 4) is 0 Å². The standard InChI is InChI=1S/C24H17Cl2N3O3/c1-14-18(25)8-5-9-19(14)29-23(31)20(26)21(24(29)32)27-17-12-10-15(11-13-17)22(30)28-16-6-3-2-4-7-16/h2-13,27H,1H3,(H,28,30). The van der Waals surface area contributed by atoms with Crippen LogP contribution in [0.25, 0.3) is 0 Å². The van der Waals surface area contributed by atoms with Crippen LogP contribution >= 0.6 is 23.2 Å². The van der Waals surface area contributed by atoms with E-state index in [1.807, 2.05) is 18.2 Å². The number of rotatable bonds is 5. The van der Waals surface area contributed by atoms with E-state index < -0.39 is 11.8 Å². The van der Waals surface area contributed by atoms with Gasteiger partial charge in [0.2, 0.25) is 0 Å². The maximum Gasteiger partial charge on any atom is 0.283 e. The van der Waals surface area contributed by atoms with Gasteiger partial charge in [-0.1, -0.05) is 47.5 Å². The summed E-state index contributed by atoms with van der Waals surface area (Å²) in [5, 5.41) is 5.90. The predicted molar refractivity (Wildman–Crippen MR) is 126 cm³/mol. The van der Waals surface area contributed by atoms with Crippen LogP contribution < -0.4 is 15.5 Å². The average Bonchev–Trinajstić information content (AvgIpc) is 3.00. The van der Waals surface area contributed by atoms with Crippen LogP contribution in [0, 0.1) is 6.92 Å². The summed E-state index contributed by atoms with van der Waals surface area (Å²) in [6, 6.07) is 20.5. The maximum absolute atomic E-state index is 13.0. The second-order valence-corrected chi connectivity index (χ2v) is 7.83. The molecule has 1 aliphatic rings. The predicted octanol–water partition coefficient (Wildman–Crippen LogP) is 5.34. The number of carbonyl (C=O) groups excluding carboxylic acids is 3. The highest BCUT2D eigenvalue weighted by Crippen LogP contribution is 2.34. The van der Waals surface area contributed by atoms with Crippen LogP contribution in [0.1, 0.15) is 15.9 Å². The summed E-state index contributed by atoms with van der Waals surface area (Å²) >= 11 is 12.3. The van der Waals surface area contributed by atoms with Gasteiger partial charge in [0.15, 0.2) is 0 Å². The molecule has 1 heterocycles. The monoisotopic (exact) mass is 465 g/mol. The SMILES string of the molecule is Cc1c(Cl)cccc1N1C(=O)C(Cl)=C(Nc2ccc(C(=O)Nc3ccccc3)cc2)C1=O. The molecule has 0 saturated carbocycles. The number of hydrogen-bond acceptors (Lipinski definition) is 4. The van der Waals surface area contributed by atoms with E-state index in [9.17, 15) is 14.4 Å². The third kappa shape index (κ3) is 4.10. The van der Waals surface area contributed by atoms with Crippen molar-refractivity contribution in [1.82, 2.24) is 0 Å². The minimum atomic E-state index is -0.636. The van der Waals surface area contributed by atoms with E-state index in [0.29, 0.717) is 33.2 Å². The van der Waals surface area contributed by atoms with Gasteiger partial charge in [-0.2, -0.15) is 0 Å². The van der Waals surface area contributed by atoms with E-state index in [0.717, 1.165) is 4.90 Å². The largest absolute Gasteiger partial charge is 0.350 e. The third-order valence-electron chi connectivity index (χ3n) is 4.96. The van der Waals surface area contributed by atoms with Gasteiger partial charge in [0.05, 0.1) is 5.69 Å². The molecule has 3 aromatic rings. The number of hydrogen-bond donors (Lipinski definition) is 2. The van der Waals surface area contributed by atoms with Crippen molar-refractivity contribution in [2.24, 2.45) is 0 Å². The molecule has 0 aromatic heterocycles. The van der Waals surface area contributed by atoms with Gasteiger partial charge >= 0.3 is 0 Å². The van der Waals surface area contributed by atoms with E-state index in [-0.39, 0.29) is 16.6 Å². The Kier molecular flexibility index (Phi) is 5.99. The molecule has 160 valence electrons. The fraction of sp³-hybridized carbons (Fsp3) is 0.0417. The molecule has 0 fully saturated rings. The lowest BCUT2D eigenvalue weighted by atomic mass is 10.1. The molecule has 6 nitrogen and oxygen atoms in total. The first-order valence-electron chi connectivity index (χ1n) is 9.64. The Hall–Kier alpha value is -3.61. The Morgan fingerprint density at radius 3 is 2.19 bits per heavy atom. The van der Waals surface area contributed by atoms with Crippen LogP contribution in [0.5, 0.6) is 0 Å². The molecule has 32 heavy (non-hydrogen) atoms. The van der Waals surface area contributed by atoms with Crippen LogP contribution in [-0.2, 0) is 9.59 Å². The Labute approximate surface area is 194 Å². The molecule has 0 aliphatic carbocycles. The molecule has 1 aliphatic heterocycles. The van der Waals surface area contributed by atoms with E-state index >= 15 is 0 Å². The van der Waals surface area contributed by atoms with Gasteiger partial charge in [0.1, 0.15) is 10.7 Å². The van der Waals surface area contributed by atoms with Gasteiger partial charge in [-0.05, 0) is 61.0 Å². The molecular formula is C24H17Cl2N3O3. The summed E-state index contributed by atoms with van der Waals surface area (Å²) in [7, 11) is 0. The van der Waals surface area contributed by atoms with E-state index in [1.54, 1.807) is 61.5 Å². The normalized spacial score (nSPS) is 13.5. The van der Waals surface area contributed by atoms with Gasteiger partial charge in [-0.3, -0.25) is 14.4 Å². The maximum atomic E-state index is 13.0. The van der Waals surface area contributed by atoms with Gasteiger partial charge in [0.25, 0.3) is 17.7 Å². The van der Waals surface area contributed by atoms with Gasteiger partial charge in [0, 0.05) is 22.0 Å². The van der Waals surface area contributed by atoms with Crippen LogP contribution in [-0.4, -0.2) is 17.7 Å². The number of carbonyl (C=O) groups is 3. The molecule has 0 atom stereocenters. The quantitative estimate of drug-likeness (QED) is 0.498. The number of nitrogens with one attached hydrogen (secondary N) is 2. The molecule has 0 radical (unpaired) electrons. The summed E-state index contributed by atoms with van der Waals surface area (Å²) in [6.07, 6.45) is 0. The highest BCUT2D eigenvalue weighted by Gasteiger charge is 2.39.